The minimum atomic E-state index is 0.0550. The molecular weight excluding hydrogens is 264 g/mol. The van der Waals surface area contributed by atoms with Crippen molar-refractivity contribution < 1.29 is 9.94 Å². The average Bonchev–Trinajstić information content (AvgIpc) is 2.83. The second-order valence-electron chi connectivity index (χ2n) is 3.77. The number of aromatic nitrogens is 2. The number of imidazole rings is 1. The standard InChI is InChI=1S/C12H14N4O2S/c1-16-6-5-14-12(16)19-10-7-8(18-2)3-4-9(10)11(13)15-17/h3-7,17H,1-2H3,(H2,13,15). The number of hydrogen-bond donors (Lipinski definition) is 2. The Morgan fingerprint density at radius 2 is 2.32 bits per heavy atom. The molecule has 1 heterocycles. The molecule has 1 aromatic heterocycles. The minimum Gasteiger partial charge on any atom is -0.497 e. The van der Waals surface area contributed by atoms with Gasteiger partial charge in [0.05, 0.1) is 7.11 Å². The van der Waals surface area contributed by atoms with E-state index in [1.54, 1.807) is 25.4 Å². The molecule has 0 fully saturated rings. The molecule has 2 rings (SSSR count). The van der Waals surface area contributed by atoms with Crippen LogP contribution >= 0.6 is 11.8 Å². The number of methoxy groups -OCH3 is 1. The van der Waals surface area contributed by atoms with Crippen LogP contribution in [0.25, 0.3) is 0 Å². The third-order valence-electron chi connectivity index (χ3n) is 2.55. The maximum Gasteiger partial charge on any atom is 0.172 e. The van der Waals surface area contributed by atoms with Gasteiger partial charge in [0.1, 0.15) is 5.75 Å². The van der Waals surface area contributed by atoms with Crippen molar-refractivity contribution in [2.45, 2.75) is 10.1 Å². The summed E-state index contributed by atoms with van der Waals surface area (Å²) in [5.41, 5.74) is 6.31. The van der Waals surface area contributed by atoms with Gasteiger partial charge in [-0.25, -0.2) is 4.98 Å². The summed E-state index contributed by atoms with van der Waals surface area (Å²) in [6.07, 6.45) is 3.57. The van der Waals surface area contributed by atoms with E-state index in [2.05, 4.69) is 10.1 Å². The van der Waals surface area contributed by atoms with Gasteiger partial charge in [-0.3, -0.25) is 0 Å². The molecule has 2 aromatic rings. The second-order valence-corrected chi connectivity index (χ2v) is 4.78. The molecule has 0 radical (unpaired) electrons. The van der Waals surface area contributed by atoms with E-state index >= 15 is 0 Å². The van der Waals surface area contributed by atoms with E-state index in [9.17, 15) is 0 Å². The van der Waals surface area contributed by atoms with Crippen LogP contribution in [0.1, 0.15) is 5.56 Å². The molecule has 0 aliphatic rings. The van der Waals surface area contributed by atoms with Crippen LogP contribution < -0.4 is 10.5 Å². The maximum absolute atomic E-state index is 8.82. The van der Waals surface area contributed by atoms with Gasteiger partial charge in [0.25, 0.3) is 0 Å². The van der Waals surface area contributed by atoms with Crippen LogP contribution in [0.4, 0.5) is 0 Å². The van der Waals surface area contributed by atoms with E-state index in [0.29, 0.717) is 11.3 Å². The van der Waals surface area contributed by atoms with E-state index < -0.39 is 0 Å². The summed E-state index contributed by atoms with van der Waals surface area (Å²) in [7, 11) is 3.49. The van der Waals surface area contributed by atoms with Gasteiger partial charge < -0.3 is 20.2 Å². The summed E-state index contributed by atoms with van der Waals surface area (Å²) < 4.78 is 7.08. The normalized spacial score (nSPS) is 11.6. The molecule has 1 aromatic carbocycles. The largest absolute Gasteiger partial charge is 0.497 e. The number of oxime groups is 1. The van der Waals surface area contributed by atoms with E-state index in [0.717, 1.165) is 10.1 Å². The Balaban J connectivity index is 2.44. The minimum absolute atomic E-state index is 0.0550. The predicted molar refractivity (Wildman–Crippen MR) is 72.8 cm³/mol. The van der Waals surface area contributed by atoms with Crippen LogP contribution in [0, 0.1) is 0 Å². The van der Waals surface area contributed by atoms with Gasteiger partial charge >= 0.3 is 0 Å². The fraction of sp³-hybridized carbons (Fsp3) is 0.167. The lowest BCUT2D eigenvalue weighted by Gasteiger charge is -2.09. The highest BCUT2D eigenvalue weighted by atomic mass is 32.2. The predicted octanol–water partition coefficient (Wildman–Crippen LogP) is 1.67. The number of rotatable bonds is 4. The van der Waals surface area contributed by atoms with Crippen molar-refractivity contribution in [2.75, 3.05) is 7.11 Å². The molecular formula is C12H14N4O2S. The van der Waals surface area contributed by atoms with Crippen molar-refractivity contribution in [2.24, 2.45) is 17.9 Å². The number of benzene rings is 1. The first-order valence-corrected chi connectivity index (χ1v) is 6.28. The topological polar surface area (TPSA) is 85.7 Å². The van der Waals surface area contributed by atoms with Gasteiger partial charge in [0.15, 0.2) is 11.0 Å². The monoisotopic (exact) mass is 278 g/mol. The Labute approximate surface area is 114 Å². The van der Waals surface area contributed by atoms with Crippen LogP contribution in [0.2, 0.25) is 0 Å². The lowest BCUT2D eigenvalue weighted by molar-refractivity contribution is 0.318. The smallest absolute Gasteiger partial charge is 0.172 e. The SMILES string of the molecule is COc1ccc(/C(N)=N/O)c(Sc2nccn2C)c1. The van der Waals surface area contributed by atoms with Crippen molar-refractivity contribution in [3.8, 4) is 5.75 Å². The zero-order chi connectivity index (χ0) is 13.8. The summed E-state index contributed by atoms with van der Waals surface area (Å²) in [5.74, 6) is 0.755. The highest BCUT2D eigenvalue weighted by Crippen LogP contribution is 2.31. The number of hydrogen-bond acceptors (Lipinski definition) is 5. The first kappa shape index (κ1) is 13.3. The number of nitrogens with zero attached hydrogens (tertiary/aromatic N) is 3. The quantitative estimate of drug-likeness (QED) is 0.384. The third-order valence-corrected chi connectivity index (χ3v) is 3.68. The van der Waals surface area contributed by atoms with Gasteiger partial charge in [-0.05, 0) is 18.2 Å². The molecule has 0 aliphatic carbocycles. The third kappa shape index (κ3) is 2.82. The van der Waals surface area contributed by atoms with Gasteiger partial charge in [-0.2, -0.15) is 0 Å². The molecule has 6 nitrogen and oxygen atoms in total. The van der Waals surface area contributed by atoms with E-state index in [1.807, 2.05) is 23.9 Å². The summed E-state index contributed by atoms with van der Waals surface area (Å²) >= 11 is 1.42. The molecule has 0 bridgehead atoms. The molecule has 0 aliphatic heterocycles. The first-order chi connectivity index (χ1) is 9.15. The Kier molecular flexibility index (Phi) is 3.96. The van der Waals surface area contributed by atoms with Crippen molar-refractivity contribution >= 4 is 17.6 Å². The number of nitrogens with two attached hydrogens (primary N) is 1. The summed E-state index contributed by atoms with van der Waals surface area (Å²) in [6, 6.07) is 5.34. The average molecular weight is 278 g/mol. The number of aryl methyl sites for hydroxylation is 1. The van der Waals surface area contributed by atoms with Gasteiger partial charge in [0, 0.05) is 29.9 Å². The lowest BCUT2D eigenvalue weighted by Crippen LogP contribution is -2.14. The highest BCUT2D eigenvalue weighted by Gasteiger charge is 2.12. The van der Waals surface area contributed by atoms with E-state index in [1.165, 1.54) is 11.8 Å². The Morgan fingerprint density at radius 3 is 2.89 bits per heavy atom. The fourth-order valence-electron chi connectivity index (χ4n) is 1.53. The van der Waals surface area contributed by atoms with Crippen LogP contribution in [-0.2, 0) is 7.05 Å². The zero-order valence-electron chi connectivity index (χ0n) is 10.6. The Bertz CT molecular complexity index is 610. The van der Waals surface area contributed by atoms with Gasteiger partial charge in [-0.1, -0.05) is 16.9 Å². The highest BCUT2D eigenvalue weighted by molar-refractivity contribution is 7.99. The molecule has 0 spiro atoms. The molecule has 3 N–H and O–H groups in total. The van der Waals surface area contributed by atoms with E-state index in [4.69, 9.17) is 15.7 Å². The lowest BCUT2D eigenvalue weighted by atomic mass is 10.2. The van der Waals surface area contributed by atoms with Crippen LogP contribution in [0.15, 0.2) is 45.8 Å². The van der Waals surface area contributed by atoms with Crippen molar-refractivity contribution in [3.05, 3.63) is 36.2 Å². The fourth-order valence-corrected chi connectivity index (χ4v) is 2.50. The Hall–Kier alpha value is -2.15. The molecule has 0 unspecified atom stereocenters. The molecule has 0 amide bonds. The molecule has 0 atom stereocenters. The van der Waals surface area contributed by atoms with Gasteiger partial charge in [0.2, 0.25) is 0 Å². The summed E-state index contributed by atoms with van der Waals surface area (Å²) in [4.78, 5) is 5.04. The summed E-state index contributed by atoms with van der Waals surface area (Å²) in [5, 5.41) is 12.7. The molecule has 7 heteroatoms. The molecule has 19 heavy (non-hydrogen) atoms. The van der Waals surface area contributed by atoms with Crippen LogP contribution in [0.3, 0.4) is 0 Å². The van der Waals surface area contributed by atoms with Gasteiger partial charge in [-0.15, -0.1) is 0 Å². The molecule has 0 saturated carbocycles. The zero-order valence-corrected chi connectivity index (χ0v) is 11.4. The molecule has 0 saturated heterocycles. The van der Waals surface area contributed by atoms with Crippen LogP contribution in [-0.4, -0.2) is 27.7 Å². The second kappa shape index (κ2) is 5.66. The summed E-state index contributed by atoms with van der Waals surface area (Å²) in [6.45, 7) is 0. The number of ether oxygens (including phenoxy) is 1. The number of amidine groups is 1. The maximum atomic E-state index is 8.82. The first-order valence-electron chi connectivity index (χ1n) is 5.47. The van der Waals surface area contributed by atoms with Crippen LogP contribution in [0.5, 0.6) is 5.75 Å². The van der Waals surface area contributed by atoms with Crippen molar-refractivity contribution in [1.82, 2.24) is 9.55 Å². The van der Waals surface area contributed by atoms with E-state index in [-0.39, 0.29) is 5.84 Å². The van der Waals surface area contributed by atoms with Crippen molar-refractivity contribution in [3.63, 3.8) is 0 Å². The van der Waals surface area contributed by atoms with Crippen molar-refractivity contribution in [1.29, 1.82) is 0 Å². The molecule has 100 valence electrons. The Morgan fingerprint density at radius 1 is 1.53 bits per heavy atom.